The highest BCUT2D eigenvalue weighted by Crippen LogP contribution is 2.31. The molecule has 0 unspecified atom stereocenters. The molecule has 5 nitrogen and oxygen atoms in total. The average molecular weight is 428 g/mol. The molecule has 0 bridgehead atoms. The molecule has 5 heteroatoms. The third-order valence-corrected chi connectivity index (χ3v) is 5.81. The van der Waals surface area contributed by atoms with Crippen LogP contribution in [0.25, 0.3) is 5.57 Å². The van der Waals surface area contributed by atoms with Gasteiger partial charge in [-0.25, -0.2) is 4.98 Å². The Morgan fingerprint density at radius 3 is 2.84 bits per heavy atom. The van der Waals surface area contributed by atoms with E-state index in [-0.39, 0.29) is 0 Å². The first-order chi connectivity index (χ1) is 15.4. The van der Waals surface area contributed by atoms with Gasteiger partial charge in [0.05, 0.1) is 5.56 Å². The van der Waals surface area contributed by atoms with E-state index < -0.39 is 0 Å². The van der Waals surface area contributed by atoms with Crippen LogP contribution in [-0.4, -0.2) is 35.7 Å². The van der Waals surface area contributed by atoms with Crippen LogP contribution < -0.4 is 5.32 Å². The second kappa shape index (κ2) is 10.9. The number of nitriles is 1. The number of anilines is 1. The van der Waals surface area contributed by atoms with E-state index in [9.17, 15) is 0 Å². The fraction of sp³-hybridized carbons (Fsp3) is 0.370. The summed E-state index contributed by atoms with van der Waals surface area (Å²) in [6.07, 6.45) is 7.99. The van der Waals surface area contributed by atoms with Crippen molar-refractivity contribution >= 4 is 17.6 Å². The van der Waals surface area contributed by atoms with Crippen molar-refractivity contribution in [3.8, 4) is 6.07 Å². The Hall–Kier alpha value is -3.23. The van der Waals surface area contributed by atoms with Crippen molar-refractivity contribution in [2.75, 3.05) is 25.0 Å². The molecular formula is C27H33N5. The summed E-state index contributed by atoms with van der Waals surface area (Å²) in [7, 11) is 0. The van der Waals surface area contributed by atoms with Gasteiger partial charge in [0.15, 0.2) is 0 Å². The van der Waals surface area contributed by atoms with Gasteiger partial charge in [0, 0.05) is 38.2 Å². The summed E-state index contributed by atoms with van der Waals surface area (Å²) in [5, 5.41) is 20.1. The molecule has 2 N–H and O–H groups in total. The predicted molar refractivity (Wildman–Crippen MR) is 133 cm³/mol. The molecule has 3 rings (SSSR count). The van der Waals surface area contributed by atoms with Crippen LogP contribution in [0.3, 0.4) is 0 Å². The van der Waals surface area contributed by atoms with E-state index in [1.807, 2.05) is 19.2 Å². The molecule has 166 valence electrons. The van der Waals surface area contributed by atoms with Crippen LogP contribution in [0, 0.1) is 29.6 Å². The number of fused-ring (bicyclic) bond motifs is 1. The van der Waals surface area contributed by atoms with Gasteiger partial charge in [0.1, 0.15) is 11.9 Å². The molecule has 0 spiro atoms. The van der Waals surface area contributed by atoms with Crippen LogP contribution in [0.2, 0.25) is 0 Å². The number of benzene rings is 1. The molecule has 1 heterocycles. The number of nitrogens with one attached hydrogen (secondary N) is 2. The summed E-state index contributed by atoms with van der Waals surface area (Å²) in [4.78, 5) is 6.69. The molecule has 0 aliphatic heterocycles. The quantitative estimate of drug-likeness (QED) is 0.500. The maximum absolute atomic E-state index is 9.07. The first-order valence-electron chi connectivity index (χ1n) is 11.2. The molecule has 0 saturated carbocycles. The fourth-order valence-corrected chi connectivity index (χ4v) is 4.12. The highest BCUT2D eigenvalue weighted by Gasteiger charge is 2.15. The monoisotopic (exact) mass is 427 g/mol. The summed E-state index contributed by atoms with van der Waals surface area (Å²) in [6.45, 7) is 13.1. The third-order valence-electron chi connectivity index (χ3n) is 5.81. The Labute approximate surface area is 192 Å². The van der Waals surface area contributed by atoms with Crippen molar-refractivity contribution in [2.24, 2.45) is 5.92 Å². The Morgan fingerprint density at radius 2 is 2.16 bits per heavy atom. The minimum Gasteiger partial charge on any atom is -0.346 e. The Kier molecular flexibility index (Phi) is 7.97. The van der Waals surface area contributed by atoms with Gasteiger partial charge in [-0.15, -0.1) is 0 Å². The van der Waals surface area contributed by atoms with E-state index in [1.54, 1.807) is 6.20 Å². The smallest absolute Gasteiger partial charge is 0.130 e. The number of rotatable bonds is 10. The zero-order chi connectivity index (χ0) is 23.1. The molecule has 0 saturated heterocycles. The lowest BCUT2D eigenvalue weighted by molar-refractivity contribution is 0.269. The number of nitrogens with zero attached hydrogens (tertiary/aromatic N) is 3. The zero-order valence-corrected chi connectivity index (χ0v) is 19.4. The maximum Gasteiger partial charge on any atom is 0.130 e. The number of aromatic nitrogens is 1. The molecule has 0 atom stereocenters. The number of allylic oxidation sites excluding steroid dienone is 1. The van der Waals surface area contributed by atoms with Crippen molar-refractivity contribution in [3.05, 3.63) is 76.6 Å². The number of hydrogen-bond donors (Lipinski definition) is 2. The Balaban J connectivity index is 1.65. The lowest BCUT2D eigenvalue weighted by Crippen LogP contribution is -2.32. The van der Waals surface area contributed by atoms with Crippen molar-refractivity contribution in [3.63, 3.8) is 0 Å². The second-order valence-corrected chi connectivity index (χ2v) is 8.98. The predicted octanol–water partition coefficient (Wildman–Crippen LogP) is 5.37. The normalized spacial score (nSPS) is 13.4. The highest BCUT2D eigenvalue weighted by atomic mass is 15.1. The van der Waals surface area contributed by atoms with Crippen LogP contribution in [0.15, 0.2) is 48.8 Å². The molecule has 1 aromatic carbocycles. The number of pyridine rings is 1. The van der Waals surface area contributed by atoms with Gasteiger partial charge >= 0.3 is 0 Å². The van der Waals surface area contributed by atoms with Crippen LogP contribution in [0.1, 0.15) is 48.1 Å². The van der Waals surface area contributed by atoms with Crippen molar-refractivity contribution in [2.45, 2.75) is 40.0 Å². The maximum atomic E-state index is 9.07. The number of aryl methyl sites for hydroxylation is 2. The molecule has 1 aliphatic carbocycles. The van der Waals surface area contributed by atoms with E-state index in [0.717, 1.165) is 43.5 Å². The zero-order valence-electron chi connectivity index (χ0n) is 19.4. The first-order valence-corrected chi connectivity index (χ1v) is 11.2. The van der Waals surface area contributed by atoms with E-state index in [0.29, 0.717) is 23.8 Å². The van der Waals surface area contributed by atoms with Crippen molar-refractivity contribution < 1.29 is 0 Å². The Morgan fingerprint density at radius 1 is 1.34 bits per heavy atom. The first kappa shape index (κ1) is 23.4. The summed E-state index contributed by atoms with van der Waals surface area (Å²) < 4.78 is 0. The summed E-state index contributed by atoms with van der Waals surface area (Å²) in [5.41, 5.74) is 7.73. The molecule has 1 aromatic heterocycles. The highest BCUT2D eigenvalue weighted by molar-refractivity contribution is 5.77. The molecule has 0 radical (unpaired) electrons. The summed E-state index contributed by atoms with van der Waals surface area (Å²) in [6, 6.07) is 10.8. The van der Waals surface area contributed by atoms with Gasteiger partial charge in [-0.1, -0.05) is 38.6 Å². The largest absolute Gasteiger partial charge is 0.346 e. The fourth-order valence-electron chi connectivity index (χ4n) is 4.12. The van der Waals surface area contributed by atoms with Gasteiger partial charge in [0.2, 0.25) is 0 Å². The molecular weight excluding hydrogens is 394 g/mol. The van der Waals surface area contributed by atoms with Crippen LogP contribution >= 0.6 is 0 Å². The van der Waals surface area contributed by atoms with Crippen LogP contribution in [0.5, 0.6) is 0 Å². The van der Waals surface area contributed by atoms with E-state index >= 15 is 0 Å². The standard InChI is InChI=1S/C27H33N5/c1-19(2)17-32(10-9-22-6-8-26-20(3)5-7-24(26)12-22)18-23(13-28)15-30-27-11-21(4)25(14-29)16-31-27/h6,8,11-13,15-16,19,28H,3,5,7,9-10,17-18H2,1-2,4H3,(H,30,31)/b23-15+,28-13?. The lowest BCUT2D eigenvalue weighted by atomic mass is 10.0. The molecule has 32 heavy (non-hydrogen) atoms. The summed E-state index contributed by atoms with van der Waals surface area (Å²) in [5.74, 6) is 1.22. The molecule has 2 aromatic rings. The van der Waals surface area contributed by atoms with Gasteiger partial charge in [-0.05, 0) is 71.6 Å². The van der Waals surface area contributed by atoms with E-state index in [2.05, 4.69) is 59.9 Å². The van der Waals surface area contributed by atoms with Gasteiger partial charge < -0.3 is 10.7 Å². The second-order valence-electron chi connectivity index (χ2n) is 8.98. The molecule has 0 fully saturated rings. The van der Waals surface area contributed by atoms with Gasteiger partial charge in [-0.2, -0.15) is 5.26 Å². The summed E-state index contributed by atoms with van der Waals surface area (Å²) >= 11 is 0. The molecule has 0 amide bonds. The van der Waals surface area contributed by atoms with Crippen molar-refractivity contribution in [1.82, 2.24) is 9.88 Å². The van der Waals surface area contributed by atoms with E-state index in [1.165, 1.54) is 28.5 Å². The van der Waals surface area contributed by atoms with Gasteiger partial charge in [0.25, 0.3) is 0 Å². The molecule has 1 aliphatic rings. The number of hydrogen-bond acceptors (Lipinski definition) is 5. The minimum absolute atomic E-state index is 0.543. The topological polar surface area (TPSA) is 75.8 Å². The van der Waals surface area contributed by atoms with E-state index in [4.69, 9.17) is 10.7 Å². The van der Waals surface area contributed by atoms with Crippen LogP contribution in [-0.2, 0) is 12.8 Å². The van der Waals surface area contributed by atoms with Gasteiger partial charge in [-0.3, -0.25) is 4.90 Å². The third kappa shape index (κ3) is 6.15. The Bertz CT molecular complexity index is 1060. The lowest BCUT2D eigenvalue weighted by Gasteiger charge is -2.25. The van der Waals surface area contributed by atoms with Crippen LogP contribution in [0.4, 0.5) is 5.82 Å². The van der Waals surface area contributed by atoms with Crippen molar-refractivity contribution in [1.29, 1.82) is 10.7 Å². The minimum atomic E-state index is 0.543. The SMILES string of the molecule is C=C1CCc2cc(CCN(C/C(C=N)=C/Nc3cc(C)c(C#N)cn3)CC(C)C)ccc21. The average Bonchev–Trinajstić information content (AvgIpc) is 3.14.